The van der Waals surface area contributed by atoms with Crippen molar-refractivity contribution in [1.29, 1.82) is 0 Å². The fourth-order valence-electron chi connectivity index (χ4n) is 1.55. The van der Waals surface area contributed by atoms with Gasteiger partial charge >= 0.3 is 0 Å². The Morgan fingerprint density at radius 3 is 2.81 bits per heavy atom. The van der Waals surface area contributed by atoms with Crippen LogP contribution >= 0.6 is 11.3 Å². The van der Waals surface area contributed by atoms with Gasteiger partial charge in [0.2, 0.25) is 0 Å². The molecule has 4 heteroatoms. The van der Waals surface area contributed by atoms with Crippen LogP contribution in [0.2, 0.25) is 0 Å². The highest BCUT2D eigenvalue weighted by Crippen LogP contribution is 2.18. The fraction of sp³-hybridized carbons (Fsp3) is 0.750. The summed E-state index contributed by atoms with van der Waals surface area (Å²) in [7, 11) is 0. The van der Waals surface area contributed by atoms with E-state index in [1.54, 1.807) is 11.3 Å². The first-order valence-corrected chi connectivity index (χ1v) is 6.81. The quantitative estimate of drug-likeness (QED) is 0.721. The molecule has 2 atom stereocenters. The van der Waals surface area contributed by atoms with Gasteiger partial charge in [-0.1, -0.05) is 6.92 Å². The Bertz CT molecular complexity index is 298. The smallest absolute Gasteiger partial charge is 0.109 e. The molecule has 92 valence electrons. The molecule has 0 aliphatic heterocycles. The Labute approximate surface area is 102 Å². The van der Waals surface area contributed by atoms with E-state index in [2.05, 4.69) is 31.1 Å². The number of nitrogens with one attached hydrogen (secondary N) is 1. The van der Waals surface area contributed by atoms with Crippen LogP contribution in [-0.2, 0) is 0 Å². The normalized spacial score (nSPS) is 15.0. The second kappa shape index (κ2) is 6.99. The van der Waals surface area contributed by atoms with E-state index in [4.69, 9.17) is 5.73 Å². The third-order valence-electron chi connectivity index (χ3n) is 2.74. The van der Waals surface area contributed by atoms with Gasteiger partial charge < -0.3 is 11.1 Å². The zero-order chi connectivity index (χ0) is 12.0. The molecule has 0 saturated carbocycles. The van der Waals surface area contributed by atoms with Gasteiger partial charge in [-0.2, -0.15) is 0 Å². The Morgan fingerprint density at radius 1 is 1.50 bits per heavy atom. The van der Waals surface area contributed by atoms with E-state index in [0.717, 1.165) is 13.1 Å². The van der Waals surface area contributed by atoms with Crippen LogP contribution in [0.3, 0.4) is 0 Å². The molecule has 0 aromatic carbocycles. The number of thiazole rings is 1. The highest BCUT2D eigenvalue weighted by molar-refractivity contribution is 7.11. The molecule has 1 rings (SSSR count). The van der Waals surface area contributed by atoms with Crippen molar-refractivity contribution in [3.8, 4) is 0 Å². The summed E-state index contributed by atoms with van der Waals surface area (Å²) < 4.78 is 0. The number of hydrogen-bond donors (Lipinski definition) is 2. The molecule has 0 aliphatic carbocycles. The molecule has 3 N–H and O–H groups in total. The molecular formula is C12H23N3S. The average Bonchev–Trinajstić information content (AvgIpc) is 2.70. The van der Waals surface area contributed by atoms with Crippen LogP contribution in [0.1, 0.15) is 42.6 Å². The fourth-order valence-corrected chi connectivity index (χ4v) is 2.35. The summed E-state index contributed by atoms with van der Waals surface area (Å²) in [4.78, 5) is 5.66. The number of aromatic nitrogens is 1. The summed E-state index contributed by atoms with van der Waals surface area (Å²) in [6.45, 7) is 8.31. The van der Waals surface area contributed by atoms with Gasteiger partial charge in [-0.3, -0.25) is 0 Å². The van der Waals surface area contributed by atoms with Crippen molar-refractivity contribution in [2.24, 2.45) is 11.7 Å². The average molecular weight is 241 g/mol. The first kappa shape index (κ1) is 13.6. The lowest BCUT2D eigenvalue weighted by atomic mass is 10.1. The molecule has 0 saturated heterocycles. The standard InChI is InChI=1S/C12H23N3S/c1-9(7-13)5-4-6-14-11(3)12-15-8-10(2)16-12/h8-9,11,14H,4-7,13H2,1-3H3. The van der Waals surface area contributed by atoms with Crippen LogP contribution in [0.4, 0.5) is 0 Å². The predicted octanol–water partition coefficient (Wildman–Crippen LogP) is 2.48. The van der Waals surface area contributed by atoms with Crippen molar-refractivity contribution in [3.63, 3.8) is 0 Å². The SMILES string of the molecule is Cc1cnc(C(C)NCCCC(C)CN)s1. The molecule has 0 radical (unpaired) electrons. The Hall–Kier alpha value is -0.450. The molecule has 1 aromatic heterocycles. The summed E-state index contributed by atoms with van der Waals surface area (Å²) in [5.74, 6) is 0.638. The summed E-state index contributed by atoms with van der Waals surface area (Å²) in [5, 5.41) is 4.68. The van der Waals surface area contributed by atoms with Gasteiger partial charge in [0, 0.05) is 11.1 Å². The van der Waals surface area contributed by atoms with Crippen LogP contribution < -0.4 is 11.1 Å². The molecular weight excluding hydrogens is 218 g/mol. The van der Waals surface area contributed by atoms with Crippen molar-refractivity contribution in [3.05, 3.63) is 16.1 Å². The maximum absolute atomic E-state index is 5.58. The van der Waals surface area contributed by atoms with Crippen molar-refractivity contribution >= 4 is 11.3 Å². The van der Waals surface area contributed by atoms with Crippen LogP contribution in [0.15, 0.2) is 6.20 Å². The van der Waals surface area contributed by atoms with E-state index < -0.39 is 0 Å². The minimum Gasteiger partial charge on any atom is -0.330 e. The number of nitrogens with two attached hydrogens (primary N) is 1. The molecule has 0 fully saturated rings. The second-order valence-corrected chi connectivity index (χ2v) is 5.73. The van der Waals surface area contributed by atoms with Crippen LogP contribution in [0.5, 0.6) is 0 Å². The van der Waals surface area contributed by atoms with E-state index in [0.29, 0.717) is 12.0 Å². The molecule has 3 nitrogen and oxygen atoms in total. The van der Waals surface area contributed by atoms with Gasteiger partial charge in [-0.15, -0.1) is 11.3 Å². The number of hydrogen-bond acceptors (Lipinski definition) is 4. The summed E-state index contributed by atoms with van der Waals surface area (Å²) in [6, 6.07) is 0.367. The maximum atomic E-state index is 5.58. The number of rotatable bonds is 7. The first-order chi connectivity index (χ1) is 7.63. The molecule has 16 heavy (non-hydrogen) atoms. The molecule has 0 spiro atoms. The summed E-state index contributed by atoms with van der Waals surface area (Å²) >= 11 is 1.77. The maximum Gasteiger partial charge on any atom is 0.109 e. The minimum absolute atomic E-state index is 0.367. The van der Waals surface area contributed by atoms with E-state index in [1.807, 2.05) is 6.20 Å². The van der Waals surface area contributed by atoms with Crippen molar-refractivity contribution in [2.75, 3.05) is 13.1 Å². The second-order valence-electron chi connectivity index (χ2n) is 4.47. The monoisotopic (exact) mass is 241 g/mol. The number of nitrogens with zero attached hydrogens (tertiary/aromatic N) is 1. The van der Waals surface area contributed by atoms with E-state index >= 15 is 0 Å². The largest absolute Gasteiger partial charge is 0.330 e. The van der Waals surface area contributed by atoms with Gasteiger partial charge in [0.1, 0.15) is 5.01 Å². The van der Waals surface area contributed by atoms with Crippen LogP contribution in [0.25, 0.3) is 0 Å². The Balaban J connectivity index is 2.18. The topological polar surface area (TPSA) is 50.9 Å². The van der Waals surface area contributed by atoms with Crippen LogP contribution in [0, 0.1) is 12.8 Å². The van der Waals surface area contributed by atoms with Gasteiger partial charge in [0.25, 0.3) is 0 Å². The van der Waals surface area contributed by atoms with Crippen LogP contribution in [-0.4, -0.2) is 18.1 Å². The van der Waals surface area contributed by atoms with E-state index in [1.165, 1.54) is 22.7 Å². The molecule has 2 unspecified atom stereocenters. The van der Waals surface area contributed by atoms with Gasteiger partial charge in [0.05, 0.1) is 6.04 Å². The van der Waals surface area contributed by atoms with Crippen molar-refractivity contribution in [2.45, 2.75) is 39.7 Å². The van der Waals surface area contributed by atoms with Gasteiger partial charge in [-0.05, 0) is 45.7 Å². The zero-order valence-corrected chi connectivity index (χ0v) is 11.3. The molecule has 0 aliphatic rings. The lowest BCUT2D eigenvalue weighted by molar-refractivity contribution is 0.479. The first-order valence-electron chi connectivity index (χ1n) is 5.99. The predicted molar refractivity (Wildman–Crippen MR) is 70.7 cm³/mol. The van der Waals surface area contributed by atoms with Gasteiger partial charge in [-0.25, -0.2) is 4.98 Å². The highest BCUT2D eigenvalue weighted by atomic mass is 32.1. The lowest BCUT2D eigenvalue weighted by Gasteiger charge is -2.12. The Kier molecular flexibility index (Phi) is 5.95. The highest BCUT2D eigenvalue weighted by Gasteiger charge is 2.08. The third-order valence-corrected chi connectivity index (χ3v) is 3.83. The Morgan fingerprint density at radius 2 is 2.25 bits per heavy atom. The molecule has 0 amide bonds. The summed E-state index contributed by atoms with van der Waals surface area (Å²) in [5.41, 5.74) is 5.58. The minimum atomic E-state index is 0.367. The van der Waals surface area contributed by atoms with E-state index in [9.17, 15) is 0 Å². The third kappa shape index (κ3) is 4.60. The van der Waals surface area contributed by atoms with Gasteiger partial charge in [0.15, 0.2) is 0 Å². The molecule has 1 heterocycles. The number of aryl methyl sites for hydroxylation is 1. The molecule has 0 bridgehead atoms. The molecule has 1 aromatic rings. The summed E-state index contributed by atoms with van der Waals surface area (Å²) in [6.07, 6.45) is 4.33. The zero-order valence-electron chi connectivity index (χ0n) is 10.5. The van der Waals surface area contributed by atoms with Crippen molar-refractivity contribution in [1.82, 2.24) is 10.3 Å². The lowest BCUT2D eigenvalue weighted by Crippen LogP contribution is -2.21. The van der Waals surface area contributed by atoms with E-state index in [-0.39, 0.29) is 0 Å². The van der Waals surface area contributed by atoms with Crippen molar-refractivity contribution < 1.29 is 0 Å².